The number of fused-ring (bicyclic) bond motifs is 6. The maximum Gasteiger partial charge on any atom is 0.340 e. The Bertz CT molecular complexity index is 5310. The number of primary amides is 2. The van der Waals surface area contributed by atoms with Crippen LogP contribution in [0.15, 0.2) is 79.6 Å². The molecule has 1 spiro atoms. The summed E-state index contributed by atoms with van der Waals surface area (Å²) in [5, 5.41) is 92.1. The average molecular weight is 1920 g/mol. The van der Waals surface area contributed by atoms with Crippen LogP contribution in [-0.2, 0) is 109 Å². The number of aromatic nitrogens is 4. The summed E-state index contributed by atoms with van der Waals surface area (Å²) in [5.74, 6) is -24.7. The van der Waals surface area contributed by atoms with Crippen LogP contribution in [-0.4, -0.2) is 267 Å². The van der Waals surface area contributed by atoms with Gasteiger partial charge in [0.15, 0.2) is 11.6 Å². The lowest BCUT2D eigenvalue weighted by atomic mass is 9.77. The monoisotopic (exact) mass is 1920 g/mol. The second kappa shape index (κ2) is 49.8. The molecule has 0 bridgehead atoms. The number of carbonyl (C=O) groups excluding carboxylic acids is 18. The van der Waals surface area contributed by atoms with Crippen molar-refractivity contribution in [1.29, 1.82) is 5.41 Å². The minimum absolute atomic E-state index is 0.0809. The molecule has 0 unspecified atom stereocenters. The van der Waals surface area contributed by atoms with Gasteiger partial charge in [0.05, 0.1) is 42.6 Å². The van der Waals surface area contributed by atoms with Crippen LogP contribution < -0.4 is 113 Å². The van der Waals surface area contributed by atoms with E-state index in [1.165, 1.54) is 114 Å². The zero-order valence-corrected chi connectivity index (χ0v) is 75.3. The number of aliphatic carboxylic acids is 3. The van der Waals surface area contributed by atoms with Crippen molar-refractivity contribution < 1.29 is 136 Å². The smallest absolute Gasteiger partial charge is 0.340 e. The van der Waals surface area contributed by atoms with E-state index in [1.54, 1.807) is 6.92 Å². The van der Waals surface area contributed by atoms with Crippen molar-refractivity contribution in [2.75, 3.05) is 13.1 Å². The van der Waals surface area contributed by atoms with Gasteiger partial charge in [-0.3, -0.25) is 97.1 Å². The number of imidazole rings is 2. The van der Waals surface area contributed by atoms with Crippen LogP contribution in [0.5, 0.6) is 23.0 Å². The lowest BCUT2D eigenvalue weighted by molar-refractivity contribution is -0.142. The van der Waals surface area contributed by atoms with Gasteiger partial charge in [-0.25, -0.2) is 29.8 Å². The van der Waals surface area contributed by atoms with Crippen molar-refractivity contribution in [1.82, 2.24) is 111 Å². The number of ether oxygens (including phenoxy) is 2. The second-order valence-electron chi connectivity index (χ2n) is 32.5. The van der Waals surface area contributed by atoms with Crippen molar-refractivity contribution in [2.24, 2.45) is 29.0 Å². The Hall–Kier alpha value is -16.6. The molecule has 18 amide bonds. The van der Waals surface area contributed by atoms with Crippen molar-refractivity contribution >= 4 is 130 Å². The highest BCUT2D eigenvalue weighted by Gasteiger charge is 2.54. The summed E-state index contributed by atoms with van der Waals surface area (Å²) in [4.78, 5) is 295. The molecule has 0 fully saturated rings. The van der Waals surface area contributed by atoms with E-state index in [1.807, 2.05) is 5.43 Å². The number of benzene rings is 3. The molecule has 0 aliphatic carbocycles. The van der Waals surface area contributed by atoms with Crippen molar-refractivity contribution in [3.8, 4) is 23.0 Å². The topological polar surface area (TPSA) is 842 Å². The Balaban J connectivity index is 0.940. The van der Waals surface area contributed by atoms with Crippen molar-refractivity contribution in [2.45, 2.75) is 217 Å². The number of hydrazine groups is 1. The van der Waals surface area contributed by atoms with E-state index in [0.717, 1.165) is 13.8 Å². The first kappa shape index (κ1) is 107. The Morgan fingerprint density at radius 1 is 0.460 bits per heavy atom. The molecule has 2 aliphatic rings. The summed E-state index contributed by atoms with van der Waals surface area (Å²) < 4.78 is 12.1. The Morgan fingerprint density at radius 3 is 1.41 bits per heavy atom. The highest BCUT2D eigenvalue weighted by molar-refractivity contribution is 6.05. The third-order valence-electron chi connectivity index (χ3n) is 21.5. The molecule has 137 heavy (non-hydrogen) atoms. The standard InChI is InChI=1S/C84H111N25O28/c1-9-37(4)66(79(131)104-57(30-61(86)113)77(129)102-52(19-22-63(115)116)73(125)95-38(5)67(119)92-33-62(114)99-54(80(132)133)11-10-24-91-82(87)88)107-74(126)53(20-23-64(117)118)100-68(120)39(6)97-76(128)56(27-44-32-90-35-94-44)105-83(135)109-108-70(122)41(8)98-75(127)55(26-43-31-89-34-93-43)103-78(130)65(36(2)3)106-69(121)40(7)96-72(124)51(18-21-60(85)112)101-71(123)42-12-15-48-47(25-42)81(134)137-84(48)49-16-13-45(110)28-58(49)136-59-29-46(111)14-17-50(59)84/h12-17,25,28-29,31-32,34-41,51-57,65-66,110-111H,9-11,18-24,26-27,30,33H2,1-8H3,(H2,85,112)(H2,86,113)(H,89,93)(H,90,94)(H,92,119)(H,95,125)(H,96,124)(H,97,128)(H,98,127)(H,99,114)(H,100,120)(H,101,123)(H,102,129)(H,103,130)(H,104,131)(H,106,121)(H,107,126)(H,108,122)(H,115,116)(H,117,118)(H,132,133)(H4,87,88,91)(H2,105,109,135)/t37-,38-,39-,40-,41-,51-,52-,53-,54-,55-,56-,57-,65-,66-/m0/s1. The van der Waals surface area contributed by atoms with Crippen LogP contribution in [0.25, 0.3) is 0 Å². The lowest BCUT2D eigenvalue weighted by Gasteiger charge is -2.36. The van der Waals surface area contributed by atoms with Gasteiger partial charge in [0.25, 0.3) is 11.8 Å². The number of carboxylic acid groups (broad SMARTS) is 3. The number of guanidine groups is 1. The molecule has 0 radical (unpaired) electrons. The number of carboxylic acids is 3. The van der Waals surface area contributed by atoms with Gasteiger partial charge >= 0.3 is 29.9 Å². The van der Waals surface area contributed by atoms with Crippen LogP contribution in [0.4, 0.5) is 4.79 Å². The number of phenols is 2. The summed E-state index contributed by atoms with van der Waals surface area (Å²) >= 11 is 0. The number of nitrogens with zero attached hydrogens (tertiary/aromatic N) is 2. The number of hydrogen-bond donors (Lipinski definition) is 28. The third-order valence-corrected chi connectivity index (χ3v) is 21.5. The zero-order chi connectivity index (χ0) is 102. The lowest BCUT2D eigenvalue weighted by Crippen LogP contribution is -2.61. The normalized spacial score (nSPS) is 14.9. The fourth-order valence-electron chi connectivity index (χ4n) is 13.9. The SMILES string of the molecule is CC[C@H](C)[C@H](NC(=O)[C@H](CCC(=O)O)NC(=O)[C@H](C)NC(=O)[C@H](Cc1c[nH]cn1)NC(=O)NNC(=O)[C@H](C)NC(=O)[C@H](Cc1c[nH]cn1)NC(=O)[C@@H](NC(=O)[C@H](C)NC(=O)[C@H](CCC(N)=O)NC(=O)c1ccc2c(c1)C(=O)OC21c2ccc(O)cc2Oc2cc(O)ccc21)C(C)C)C(=O)N[C@@H](CC(N)=O)C(=O)N[C@@H](CCC(=O)O)C(=O)N[C@@H](C)C(=O)NCC(=O)N[C@@H](CCCNC(=N)N)C(=O)O. The molecule has 7 rings (SSSR count). The van der Waals surface area contributed by atoms with Crippen molar-refractivity contribution in [3.63, 3.8) is 0 Å². The number of aromatic amines is 2. The first-order valence-electron chi connectivity index (χ1n) is 42.9. The predicted molar refractivity (Wildman–Crippen MR) is 471 cm³/mol. The molecule has 5 aromatic rings. The number of urea groups is 1. The van der Waals surface area contributed by atoms with Crippen LogP contribution in [0.1, 0.15) is 168 Å². The van der Waals surface area contributed by atoms with Gasteiger partial charge < -0.3 is 142 Å². The minimum Gasteiger partial charge on any atom is -0.508 e. The number of aromatic hydroxyl groups is 2. The largest absolute Gasteiger partial charge is 0.508 e. The van der Waals surface area contributed by atoms with E-state index in [0.29, 0.717) is 11.1 Å². The predicted octanol–water partition coefficient (Wildman–Crippen LogP) is -6.16. The van der Waals surface area contributed by atoms with Crippen LogP contribution >= 0.6 is 0 Å². The van der Waals surface area contributed by atoms with Gasteiger partial charge in [-0.1, -0.05) is 40.2 Å². The first-order chi connectivity index (χ1) is 64.6. The highest BCUT2D eigenvalue weighted by atomic mass is 16.6. The van der Waals surface area contributed by atoms with Gasteiger partial charge in [-0.2, -0.15) is 0 Å². The molecule has 14 atom stereocenters. The molecular formula is C84H111N25O28. The molecule has 0 saturated heterocycles. The molecule has 2 aliphatic heterocycles. The summed E-state index contributed by atoms with van der Waals surface area (Å²) in [6.07, 6.45) is -0.198. The molecule has 31 N–H and O–H groups in total. The number of hydrogen-bond acceptors (Lipinski definition) is 28. The van der Waals surface area contributed by atoms with Gasteiger partial charge in [0.2, 0.25) is 82.7 Å². The maximum atomic E-state index is 14.3. The van der Waals surface area contributed by atoms with E-state index in [9.17, 15) is 126 Å². The summed E-state index contributed by atoms with van der Waals surface area (Å²) in [6.45, 7) is 10.0. The Kier molecular flexibility index (Phi) is 39.0. The Labute approximate surface area is 779 Å². The molecule has 3 aromatic carbocycles. The van der Waals surface area contributed by atoms with E-state index in [2.05, 4.69) is 105 Å². The fraction of sp³-hybridized carbons (Fsp3) is 0.452. The highest BCUT2D eigenvalue weighted by Crippen LogP contribution is 2.57. The summed E-state index contributed by atoms with van der Waals surface area (Å²) in [6, 6.07) is -10.3. The van der Waals surface area contributed by atoms with Gasteiger partial charge in [0.1, 0.15) is 102 Å². The van der Waals surface area contributed by atoms with Crippen LogP contribution in [0.3, 0.4) is 0 Å². The van der Waals surface area contributed by atoms with Crippen molar-refractivity contribution in [3.05, 3.63) is 119 Å². The van der Waals surface area contributed by atoms with Gasteiger partial charge in [-0.15, -0.1) is 0 Å². The number of nitrogens with two attached hydrogens (primary N) is 3. The minimum atomic E-state index is -1.99. The van der Waals surface area contributed by atoms with E-state index >= 15 is 0 Å². The third kappa shape index (κ3) is 31.3. The molecule has 2 aromatic heterocycles. The molecular weight excluding hydrogens is 1810 g/mol. The second-order valence-corrected chi connectivity index (χ2v) is 32.5. The van der Waals surface area contributed by atoms with E-state index in [-0.39, 0.29) is 89.3 Å². The first-order valence-corrected chi connectivity index (χ1v) is 42.9. The number of H-pyrrole nitrogens is 2. The zero-order valence-electron chi connectivity index (χ0n) is 75.3. The number of nitrogens with one attached hydrogen (secondary N) is 20. The number of carbonyl (C=O) groups is 21. The van der Waals surface area contributed by atoms with Gasteiger partial charge in [0, 0.05) is 85.4 Å². The molecule has 53 nitrogen and oxygen atoms in total. The summed E-state index contributed by atoms with van der Waals surface area (Å²) in [5.41, 5.74) is 19.5. The Morgan fingerprint density at radius 2 is 0.912 bits per heavy atom. The van der Waals surface area contributed by atoms with E-state index < -0.39 is 278 Å². The van der Waals surface area contributed by atoms with Crippen LogP contribution in [0, 0.1) is 17.2 Å². The summed E-state index contributed by atoms with van der Waals surface area (Å²) in [7, 11) is 0. The molecule has 0 saturated carbocycles. The number of amides is 18. The maximum absolute atomic E-state index is 14.3. The number of phenolic OH excluding ortho intramolecular Hbond substituents is 2. The average Bonchev–Trinajstić information content (AvgIpc) is 1.56. The quantitative estimate of drug-likeness (QED) is 0.00566. The molecule has 4 heterocycles. The molecule has 740 valence electrons. The molecule has 53 heteroatoms. The van der Waals surface area contributed by atoms with Crippen LogP contribution in [0.2, 0.25) is 0 Å². The van der Waals surface area contributed by atoms with E-state index in [4.69, 9.17) is 32.1 Å². The van der Waals surface area contributed by atoms with Gasteiger partial charge in [-0.05, 0) is 108 Å². The number of rotatable bonds is 51. The number of esters is 1. The fourth-order valence-corrected chi connectivity index (χ4v) is 13.9.